The van der Waals surface area contributed by atoms with Crippen LogP contribution in [0.15, 0.2) is 11.6 Å². The van der Waals surface area contributed by atoms with Gasteiger partial charge >= 0.3 is 0 Å². The van der Waals surface area contributed by atoms with Crippen molar-refractivity contribution in [3.63, 3.8) is 0 Å². The maximum absolute atomic E-state index is 11.9. The number of allylic oxidation sites excluding steroid dienone is 1. The minimum absolute atomic E-state index is 0.150. The quantitative estimate of drug-likeness (QED) is 0.203. The van der Waals surface area contributed by atoms with E-state index in [0.717, 1.165) is 43.1 Å². The molecule has 202 valence electrons. The lowest BCUT2D eigenvalue weighted by Crippen LogP contribution is -2.43. The fourth-order valence-electron chi connectivity index (χ4n) is 8.18. The number of Topliss-reactive ketones (excluding diaryl/α,β-unsaturated/α-hetero) is 1. The Hall–Kier alpha value is -0.630. The highest BCUT2D eigenvalue weighted by atomic mass is 16.5. The van der Waals surface area contributed by atoms with Crippen LogP contribution in [0, 0.1) is 40.4 Å². The van der Waals surface area contributed by atoms with Gasteiger partial charge in [-0.1, -0.05) is 72.5 Å². The van der Waals surface area contributed by atoms with Crippen LogP contribution in [0.25, 0.3) is 0 Å². The molecule has 0 aliphatic heterocycles. The SMILES string of the molecule is C/C=C1/CC(OCCCC(=O)C(C)C)CC[C@]1(C)C1CCC2(C)C(CCCCC(C)C)CC[C@H]2C1. The van der Waals surface area contributed by atoms with Gasteiger partial charge in [0.05, 0.1) is 6.10 Å². The third-order valence-electron chi connectivity index (χ3n) is 10.9. The Labute approximate surface area is 218 Å². The lowest BCUT2D eigenvalue weighted by atomic mass is 9.53. The first-order valence-corrected chi connectivity index (χ1v) is 15.4. The van der Waals surface area contributed by atoms with Gasteiger partial charge in [-0.05, 0) is 106 Å². The molecule has 3 fully saturated rings. The summed E-state index contributed by atoms with van der Waals surface area (Å²) < 4.78 is 6.29. The first-order valence-electron chi connectivity index (χ1n) is 15.4. The minimum Gasteiger partial charge on any atom is -0.378 e. The summed E-state index contributed by atoms with van der Waals surface area (Å²) in [6, 6.07) is 0. The van der Waals surface area contributed by atoms with E-state index < -0.39 is 0 Å². The van der Waals surface area contributed by atoms with E-state index in [-0.39, 0.29) is 5.92 Å². The van der Waals surface area contributed by atoms with Gasteiger partial charge in [0.1, 0.15) is 5.78 Å². The summed E-state index contributed by atoms with van der Waals surface area (Å²) in [6.07, 6.45) is 20.9. The summed E-state index contributed by atoms with van der Waals surface area (Å²) >= 11 is 0. The number of carbonyl (C=O) groups is 1. The Morgan fingerprint density at radius 1 is 1.00 bits per heavy atom. The Bertz CT molecular complexity index is 706. The van der Waals surface area contributed by atoms with Crippen LogP contribution in [0.5, 0.6) is 0 Å². The van der Waals surface area contributed by atoms with Crippen molar-refractivity contribution in [3.8, 4) is 0 Å². The zero-order valence-electron chi connectivity index (χ0n) is 24.5. The molecule has 0 aromatic rings. The summed E-state index contributed by atoms with van der Waals surface area (Å²) in [7, 11) is 0. The number of ketones is 1. The van der Waals surface area contributed by atoms with Gasteiger partial charge in [-0.3, -0.25) is 4.79 Å². The molecule has 35 heavy (non-hydrogen) atoms. The maximum atomic E-state index is 11.9. The van der Waals surface area contributed by atoms with Crippen LogP contribution in [0.4, 0.5) is 0 Å². The Morgan fingerprint density at radius 3 is 2.46 bits per heavy atom. The molecule has 4 unspecified atom stereocenters. The highest BCUT2D eigenvalue weighted by molar-refractivity contribution is 5.80. The van der Waals surface area contributed by atoms with E-state index in [2.05, 4.69) is 40.7 Å². The molecule has 2 heteroatoms. The number of ether oxygens (including phenoxy) is 1. The molecule has 0 N–H and O–H groups in total. The highest BCUT2D eigenvalue weighted by Gasteiger charge is 2.52. The highest BCUT2D eigenvalue weighted by Crippen LogP contribution is 2.62. The van der Waals surface area contributed by atoms with E-state index in [9.17, 15) is 4.79 Å². The third kappa shape index (κ3) is 7.03. The zero-order valence-corrected chi connectivity index (χ0v) is 24.5. The molecule has 2 nitrogen and oxygen atoms in total. The largest absolute Gasteiger partial charge is 0.378 e. The van der Waals surface area contributed by atoms with Crippen LogP contribution in [0.1, 0.15) is 138 Å². The number of hydrogen-bond acceptors (Lipinski definition) is 2. The summed E-state index contributed by atoms with van der Waals surface area (Å²) in [5.74, 6) is 4.13. The van der Waals surface area contributed by atoms with Crippen molar-refractivity contribution in [1.82, 2.24) is 0 Å². The van der Waals surface area contributed by atoms with Gasteiger partial charge < -0.3 is 4.74 Å². The van der Waals surface area contributed by atoms with Gasteiger partial charge in [0.2, 0.25) is 0 Å². The van der Waals surface area contributed by atoms with Gasteiger partial charge in [-0.2, -0.15) is 0 Å². The van der Waals surface area contributed by atoms with Crippen molar-refractivity contribution >= 4 is 5.78 Å². The molecule has 0 bridgehead atoms. The smallest absolute Gasteiger partial charge is 0.135 e. The number of rotatable bonds is 12. The van der Waals surface area contributed by atoms with Gasteiger partial charge in [0, 0.05) is 18.9 Å². The fraction of sp³-hybridized carbons (Fsp3) is 0.909. The molecule has 3 aliphatic rings. The molecule has 0 heterocycles. The summed E-state index contributed by atoms with van der Waals surface area (Å²) in [6.45, 7) is 17.0. The second-order valence-corrected chi connectivity index (χ2v) is 13.8. The van der Waals surface area contributed by atoms with E-state index in [1.807, 2.05) is 13.8 Å². The molecule has 0 saturated heterocycles. The maximum Gasteiger partial charge on any atom is 0.135 e. The van der Waals surface area contributed by atoms with Crippen LogP contribution in [0.2, 0.25) is 0 Å². The minimum atomic E-state index is 0.150. The molecule has 0 radical (unpaired) electrons. The molecule has 0 aromatic carbocycles. The normalized spacial score (nSPS) is 36.8. The number of fused-ring (bicyclic) bond motifs is 1. The summed E-state index contributed by atoms with van der Waals surface area (Å²) in [5.41, 5.74) is 2.62. The molecular weight excluding hydrogens is 428 g/mol. The van der Waals surface area contributed by atoms with Crippen LogP contribution < -0.4 is 0 Å². The van der Waals surface area contributed by atoms with Crippen molar-refractivity contribution < 1.29 is 9.53 Å². The second kappa shape index (κ2) is 12.7. The Balaban J connectivity index is 1.50. The molecular formula is C33H58O2. The van der Waals surface area contributed by atoms with E-state index in [0.29, 0.717) is 29.1 Å². The average Bonchev–Trinajstić information content (AvgIpc) is 3.15. The van der Waals surface area contributed by atoms with Crippen molar-refractivity contribution in [1.29, 1.82) is 0 Å². The summed E-state index contributed by atoms with van der Waals surface area (Å²) in [5, 5.41) is 0. The topological polar surface area (TPSA) is 26.3 Å². The number of hydrogen-bond donors (Lipinski definition) is 0. The predicted octanol–water partition coefficient (Wildman–Crippen LogP) is 9.56. The lowest BCUT2D eigenvalue weighted by molar-refractivity contribution is -0.122. The number of unbranched alkanes of at least 4 members (excludes halogenated alkanes) is 1. The first kappa shape index (κ1) is 28.9. The van der Waals surface area contributed by atoms with Crippen molar-refractivity contribution in [2.24, 2.45) is 40.4 Å². The van der Waals surface area contributed by atoms with Gasteiger partial charge in [-0.15, -0.1) is 0 Å². The molecule has 0 aromatic heterocycles. The monoisotopic (exact) mass is 486 g/mol. The molecule has 3 saturated carbocycles. The molecule has 6 atom stereocenters. The number of carbonyl (C=O) groups excluding carboxylic acids is 1. The van der Waals surface area contributed by atoms with E-state index in [1.54, 1.807) is 5.57 Å². The first-order chi connectivity index (χ1) is 16.6. The predicted molar refractivity (Wildman–Crippen MR) is 150 cm³/mol. The standard InChI is InChI=1S/C33H58O2/c1-8-26-23-30(35-21-11-14-31(34)25(4)5)18-20-32(26,6)29-17-19-33(7)27(15-16-28(33)22-29)13-10-9-12-24(2)3/h8,24-25,27-30H,9-23H2,1-7H3/b26-8-/t27?,28-,29?,30?,32-,33?/m0/s1. The molecule has 3 aliphatic carbocycles. The van der Waals surface area contributed by atoms with Crippen molar-refractivity contribution in [3.05, 3.63) is 11.6 Å². The van der Waals surface area contributed by atoms with E-state index in [1.165, 1.54) is 70.6 Å². The van der Waals surface area contributed by atoms with Crippen LogP contribution >= 0.6 is 0 Å². The van der Waals surface area contributed by atoms with Crippen LogP contribution in [-0.4, -0.2) is 18.5 Å². The van der Waals surface area contributed by atoms with Gasteiger partial charge in [0.25, 0.3) is 0 Å². The van der Waals surface area contributed by atoms with Crippen molar-refractivity contribution in [2.45, 2.75) is 144 Å². The van der Waals surface area contributed by atoms with Gasteiger partial charge in [0.15, 0.2) is 0 Å². The zero-order chi connectivity index (χ0) is 25.6. The second-order valence-electron chi connectivity index (χ2n) is 13.8. The molecule has 0 amide bonds. The van der Waals surface area contributed by atoms with Crippen LogP contribution in [0.3, 0.4) is 0 Å². The summed E-state index contributed by atoms with van der Waals surface area (Å²) in [4.78, 5) is 11.9. The van der Waals surface area contributed by atoms with Crippen LogP contribution in [-0.2, 0) is 9.53 Å². The van der Waals surface area contributed by atoms with Gasteiger partial charge in [-0.25, -0.2) is 0 Å². The molecule has 0 spiro atoms. The fourth-order valence-corrected chi connectivity index (χ4v) is 8.18. The van der Waals surface area contributed by atoms with Crippen molar-refractivity contribution in [2.75, 3.05) is 6.61 Å². The average molecular weight is 487 g/mol. The van der Waals surface area contributed by atoms with E-state index >= 15 is 0 Å². The lowest BCUT2D eigenvalue weighted by Gasteiger charge is -2.52. The molecule has 3 rings (SSSR count). The Morgan fingerprint density at radius 2 is 1.77 bits per heavy atom. The third-order valence-corrected chi connectivity index (χ3v) is 10.9. The Kier molecular flexibility index (Phi) is 10.5. The van der Waals surface area contributed by atoms with E-state index in [4.69, 9.17) is 4.74 Å².